The topological polar surface area (TPSA) is 55.1 Å². The Labute approximate surface area is 95.0 Å². The molecule has 1 aromatic rings. The minimum atomic E-state index is 0.0790. The molecule has 84 valence electrons. The van der Waals surface area contributed by atoms with Gasteiger partial charge in [0.15, 0.2) is 0 Å². The van der Waals surface area contributed by atoms with Crippen molar-refractivity contribution in [3.05, 3.63) is 35.4 Å². The van der Waals surface area contributed by atoms with E-state index in [9.17, 15) is 4.79 Å². The quantitative estimate of drug-likeness (QED) is 0.785. The number of hydrogen-bond acceptors (Lipinski definition) is 2. The Morgan fingerprint density at radius 2 is 2.19 bits per heavy atom. The summed E-state index contributed by atoms with van der Waals surface area (Å²) < 4.78 is 0. The van der Waals surface area contributed by atoms with Crippen LogP contribution in [0.2, 0.25) is 0 Å². The van der Waals surface area contributed by atoms with Crippen LogP contribution in [0, 0.1) is 5.92 Å². The van der Waals surface area contributed by atoms with Crippen molar-refractivity contribution >= 4 is 5.91 Å². The van der Waals surface area contributed by atoms with Gasteiger partial charge < -0.3 is 11.1 Å². The summed E-state index contributed by atoms with van der Waals surface area (Å²) in [5, 5.41) is 3.00. The molecule has 0 aliphatic heterocycles. The molecule has 0 heterocycles. The monoisotopic (exact) mass is 216 g/mol. The molecule has 16 heavy (non-hydrogen) atoms. The first kappa shape index (κ1) is 9.85. The summed E-state index contributed by atoms with van der Waals surface area (Å²) in [6, 6.07) is 8.54. The van der Waals surface area contributed by atoms with Crippen molar-refractivity contribution in [2.24, 2.45) is 11.7 Å². The summed E-state index contributed by atoms with van der Waals surface area (Å²) in [7, 11) is 0. The van der Waals surface area contributed by atoms with E-state index in [0.29, 0.717) is 5.92 Å². The highest BCUT2D eigenvalue weighted by Gasteiger charge is 2.40. The molecule has 0 saturated heterocycles. The van der Waals surface area contributed by atoms with E-state index in [4.69, 9.17) is 5.73 Å². The second-order valence-electron chi connectivity index (χ2n) is 4.85. The molecular formula is C13H16N2O. The molecule has 1 fully saturated rings. The molecule has 0 spiro atoms. The lowest BCUT2D eigenvalue weighted by atomic mass is 9.77. The second kappa shape index (κ2) is 3.59. The van der Waals surface area contributed by atoms with E-state index in [1.54, 1.807) is 0 Å². The average molecular weight is 216 g/mol. The molecule has 3 heteroatoms. The molecule has 0 aromatic heterocycles. The third-order valence-corrected chi connectivity index (χ3v) is 3.66. The van der Waals surface area contributed by atoms with Crippen molar-refractivity contribution in [1.29, 1.82) is 0 Å². The van der Waals surface area contributed by atoms with E-state index in [1.165, 1.54) is 11.1 Å². The van der Waals surface area contributed by atoms with Crippen LogP contribution in [-0.4, -0.2) is 18.5 Å². The van der Waals surface area contributed by atoms with Crippen molar-refractivity contribution in [1.82, 2.24) is 5.32 Å². The Balaban J connectivity index is 1.53. The van der Waals surface area contributed by atoms with Crippen LogP contribution in [-0.2, 0) is 11.2 Å². The largest absolute Gasteiger partial charge is 0.355 e. The number of benzene rings is 1. The van der Waals surface area contributed by atoms with Crippen LogP contribution in [0.3, 0.4) is 0 Å². The SMILES string of the molecule is NC1CC1C(=O)NCC1Cc2ccccc21. The standard InChI is InChI=1S/C13H16N2O/c14-12-6-11(12)13(16)15-7-9-5-8-3-1-2-4-10(8)9/h1-4,9,11-12H,5-7,14H2,(H,15,16). The van der Waals surface area contributed by atoms with Gasteiger partial charge in [0.1, 0.15) is 0 Å². The van der Waals surface area contributed by atoms with Crippen LogP contribution in [0.1, 0.15) is 23.5 Å². The first-order valence-electron chi connectivity index (χ1n) is 5.87. The van der Waals surface area contributed by atoms with E-state index in [-0.39, 0.29) is 17.9 Å². The Morgan fingerprint density at radius 1 is 1.44 bits per heavy atom. The maximum absolute atomic E-state index is 11.6. The first-order chi connectivity index (χ1) is 7.75. The maximum atomic E-state index is 11.6. The Hall–Kier alpha value is -1.35. The molecule has 0 radical (unpaired) electrons. The van der Waals surface area contributed by atoms with Crippen LogP contribution in [0.25, 0.3) is 0 Å². The van der Waals surface area contributed by atoms with Gasteiger partial charge in [-0.3, -0.25) is 4.79 Å². The third kappa shape index (κ3) is 1.61. The number of nitrogens with one attached hydrogen (secondary N) is 1. The predicted molar refractivity (Wildman–Crippen MR) is 62.0 cm³/mol. The minimum absolute atomic E-state index is 0.0790. The molecule has 1 saturated carbocycles. The molecule has 1 aromatic carbocycles. The number of fused-ring (bicyclic) bond motifs is 1. The molecule has 3 unspecified atom stereocenters. The van der Waals surface area contributed by atoms with Crippen LogP contribution in [0.5, 0.6) is 0 Å². The zero-order valence-corrected chi connectivity index (χ0v) is 9.15. The van der Waals surface area contributed by atoms with Gasteiger partial charge in [-0.15, -0.1) is 0 Å². The second-order valence-corrected chi connectivity index (χ2v) is 4.85. The first-order valence-corrected chi connectivity index (χ1v) is 5.87. The summed E-state index contributed by atoms with van der Waals surface area (Å²) in [5.41, 5.74) is 8.45. The van der Waals surface area contributed by atoms with Crippen molar-refractivity contribution in [3.63, 3.8) is 0 Å². The van der Waals surface area contributed by atoms with Crippen molar-refractivity contribution in [3.8, 4) is 0 Å². The fraction of sp³-hybridized carbons (Fsp3) is 0.462. The van der Waals surface area contributed by atoms with Gasteiger partial charge >= 0.3 is 0 Å². The van der Waals surface area contributed by atoms with Crippen molar-refractivity contribution in [2.75, 3.05) is 6.54 Å². The summed E-state index contributed by atoms with van der Waals surface area (Å²) >= 11 is 0. The van der Waals surface area contributed by atoms with Gasteiger partial charge in [0, 0.05) is 18.5 Å². The molecule has 1 amide bonds. The number of hydrogen-bond donors (Lipinski definition) is 2. The highest BCUT2D eigenvalue weighted by atomic mass is 16.2. The minimum Gasteiger partial charge on any atom is -0.355 e. The van der Waals surface area contributed by atoms with E-state index in [0.717, 1.165) is 19.4 Å². The number of amides is 1. The lowest BCUT2D eigenvalue weighted by molar-refractivity contribution is -0.122. The maximum Gasteiger partial charge on any atom is 0.224 e. The molecule has 0 bridgehead atoms. The van der Waals surface area contributed by atoms with Crippen molar-refractivity contribution < 1.29 is 4.79 Å². The summed E-state index contributed by atoms with van der Waals surface area (Å²) in [5.74, 6) is 0.724. The fourth-order valence-corrected chi connectivity index (χ4v) is 2.42. The zero-order valence-electron chi connectivity index (χ0n) is 9.15. The summed E-state index contributed by atoms with van der Waals surface area (Å²) in [6.45, 7) is 0.763. The molecule has 2 aliphatic carbocycles. The lowest BCUT2D eigenvalue weighted by Gasteiger charge is -2.30. The number of carbonyl (C=O) groups excluding carboxylic acids is 1. The number of carbonyl (C=O) groups is 1. The molecule has 3 N–H and O–H groups in total. The third-order valence-electron chi connectivity index (χ3n) is 3.66. The lowest BCUT2D eigenvalue weighted by Crippen LogP contribution is -2.35. The smallest absolute Gasteiger partial charge is 0.224 e. The fourth-order valence-electron chi connectivity index (χ4n) is 2.42. The van der Waals surface area contributed by atoms with E-state index >= 15 is 0 Å². The Kier molecular flexibility index (Phi) is 2.21. The van der Waals surface area contributed by atoms with Gasteiger partial charge in [-0.1, -0.05) is 24.3 Å². The molecule has 3 atom stereocenters. The van der Waals surface area contributed by atoms with Crippen LogP contribution >= 0.6 is 0 Å². The molecule has 3 rings (SSSR count). The average Bonchev–Trinajstić information content (AvgIpc) is 2.97. The van der Waals surface area contributed by atoms with Gasteiger partial charge in [0.25, 0.3) is 0 Å². The predicted octanol–water partition coefficient (Wildman–Crippen LogP) is 0.790. The number of nitrogens with two attached hydrogens (primary N) is 1. The van der Waals surface area contributed by atoms with Gasteiger partial charge in [-0.25, -0.2) is 0 Å². The van der Waals surface area contributed by atoms with Crippen molar-refractivity contribution in [2.45, 2.75) is 24.8 Å². The highest BCUT2D eigenvalue weighted by Crippen LogP contribution is 2.34. The summed E-state index contributed by atoms with van der Waals surface area (Å²) in [4.78, 5) is 11.6. The Morgan fingerprint density at radius 3 is 2.88 bits per heavy atom. The van der Waals surface area contributed by atoms with Gasteiger partial charge in [0.05, 0.1) is 5.92 Å². The Bertz CT molecular complexity index is 430. The van der Waals surface area contributed by atoms with E-state index < -0.39 is 0 Å². The zero-order chi connectivity index (χ0) is 11.1. The van der Waals surface area contributed by atoms with E-state index in [2.05, 4.69) is 29.6 Å². The summed E-state index contributed by atoms with van der Waals surface area (Å²) in [6.07, 6.45) is 1.94. The van der Waals surface area contributed by atoms with Crippen LogP contribution < -0.4 is 11.1 Å². The van der Waals surface area contributed by atoms with Crippen LogP contribution in [0.4, 0.5) is 0 Å². The normalized spacial score (nSPS) is 30.2. The highest BCUT2D eigenvalue weighted by molar-refractivity contribution is 5.82. The van der Waals surface area contributed by atoms with Crippen LogP contribution in [0.15, 0.2) is 24.3 Å². The van der Waals surface area contributed by atoms with Gasteiger partial charge in [-0.05, 0) is 24.0 Å². The van der Waals surface area contributed by atoms with E-state index in [1.807, 2.05) is 0 Å². The van der Waals surface area contributed by atoms with Gasteiger partial charge in [0.2, 0.25) is 5.91 Å². The van der Waals surface area contributed by atoms with Gasteiger partial charge in [-0.2, -0.15) is 0 Å². The molecule has 2 aliphatic rings. The number of rotatable bonds is 3. The molecular weight excluding hydrogens is 200 g/mol. The molecule has 3 nitrogen and oxygen atoms in total.